The van der Waals surface area contributed by atoms with Gasteiger partial charge in [0, 0.05) is 25.3 Å². The summed E-state index contributed by atoms with van der Waals surface area (Å²) < 4.78 is 27.1. The lowest BCUT2D eigenvalue weighted by Crippen LogP contribution is -2.47. The van der Waals surface area contributed by atoms with Crippen LogP contribution in [0.5, 0.6) is 0 Å². The van der Waals surface area contributed by atoms with Gasteiger partial charge in [-0.25, -0.2) is 13.1 Å². The number of hydrogen-bond donors (Lipinski definition) is 2. The molecule has 9 heteroatoms. The van der Waals surface area contributed by atoms with Gasteiger partial charge in [0.15, 0.2) is 0 Å². The number of rotatable bonds is 6. The monoisotopic (exact) mass is 427 g/mol. The molecule has 1 saturated heterocycles. The van der Waals surface area contributed by atoms with Crippen LogP contribution in [0.2, 0.25) is 10.0 Å². The van der Waals surface area contributed by atoms with E-state index in [1.54, 1.807) is 18.2 Å². The zero-order valence-electron chi connectivity index (χ0n) is 14.4. The maximum Gasteiger partial charge on any atom is 0.239 e. The van der Waals surface area contributed by atoms with Crippen molar-refractivity contribution in [1.29, 1.82) is 0 Å². The van der Waals surface area contributed by atoms with Crippen molar-refractivity contribution in [2.45, 2.75) is 12.3 Å². The van der Waals surface area contributed by atoms with E-state index in [2.05, 4.69) is 10.0 Å². The molecule has 3 rings (SSSR count). The molecule has 144 valence electrons. The maximum atomic E-state index is 12.3. The SMILES string of the molecule is O=C1CN(c2ccc(CNS(=O)(=O)Cc3ccc(Cl)c(Cl)c3)cc2)CCN1. The van der Waals surface area contributed by atoms with E-state index in [1.165, 1.54) is 0 Å². The fourth-order valence-electron chi connectivity index (χ4n) is 2.78. The van der Waals surface area contributed by atoms with Crippen LogP contribution < -0.4 is 14.9 Å². The van der Waals surface area contributed by atoms with E-state index in [0.717, 1.165) is 17.8 Å². The number of benzene rings is 2. The molecular weight excluding hydrogens is 409 g/mol. The molecule has 2 aromatic carbocycles. The Morgan fingerprint density at radius 1 is 1.04 bits per heavy atom. The van der Waals surface area contributed by atoms with Crippen molar-refractivity contribution in [1.82, 2.24) is 10.0 Å². The van der Waals surface area contributed by atoms with Gasteiger partial charge in [0.2, 0.25) is 15.9 Å². The number of amides is 1. The molecule has 2 N–H and O–H groups in total. The Morgan fingerprint density at radius 2 is 1.74 bits per heavy atom. The molecule has 0 saturated carbocycles. The number of anilines is 1. The number of piperazine rings is 1. The molecular formula is C18H19Cl2N3O3S. The number of nitrogens with one attached hydrogen (secondary N) is 2. The summed E-state index contributed by atoms with van der Waals surface area (Å²) in [5, 5.41) is 3.50. The van der Waals surface area contributed by atoms with E-state index in [-0.39, 0.29) is 18.2 Å². The Bertz CT molecular complexity index is 933. The second kappa shape index (κ2) is 8.48. The zero-order valence-corrected chi connectivity index (χ0v) is 16.7. The van der Waals surface area contributed by atoms with Crippen molar-refractivity contribution in [3.05, 3.63) is 63.6 Å². The van der Waals surface area contributed by atoms with Crippen LogP contribution in [0, 0.1) is 0 Å². The van der Waals surface area contributed by atoms with Crippen molar-refractivity contribution < 1.29 is 13.2 Å². The molecule has 0 spiro atoms. The average molecular weight is 428 g/mol. The summed E-state index contributed by atoms with van der Waals surface area (Å²) >= 11 is 11.8. The standard InChI is InChI=1S/C18H19Cl2N3O3S/c19-16-6-3-14(9-17(16)20)12-27(25,26)22-10-13-1-4-15(5-2-13)23-8-7-21-18(24)11-23/h1-6,9,22H,7-8,10-12H2,(H,21,24). The van der Waals surface area contributed by atoms with E-state index >= 15 is 0 Å². The molecule has 0 bridgehead atoms. The quantitative estimate of drug-likeness (QED) is 0.742. The van der Waals surface area contributed by atoms with Crippen molar-refractivity contribution >= 4 is 44.8 Å². The van der Waals surface area contributed by atoms with Crippen LogP contribution in [0.4, 0.5) is 5.69 Å². The molecule has 27 heavy (non-hydrogen) atoms. The lowest BCUT2D eigenvalue weighted by atomic mass is 10.2. The molecule has 1 aliphatic heterocycles. The third-order valence-electron chi connectivity index (χ3n) is 4.18. The fourth-order valence-corrected chi connectivity index (χ4v) is 4.20. The summed E-state index contributed by atoms with van der Waals surface area (Å²) in [5.41, 5.74) is 2.33. The van der Waals surface area contributed by atoms with Crippen LogP contribution in [-0.4, -0.2) is 34.0 Å². The minimum atomic E-state index is -3.52. The molecule has 0 atom stereocenters. The van der Waals surface area contributed by atoms with Crippen LogP contribution in [0.1, 0.15) is 11.1 Å². The largest absolute Gasteiger partial charge is 0.360 e. The van der Waals surface area contributed by atoms with Gasteiger partial charge in [0.1, 0.15) is 0 Å². The summed E-state index contributed by atoms with van der Waals surface area (Å²) in [4.78, 5) is 13.5. The van der Waals surface area contributed by atoms with Gasteiger partial charge in [-0.1, -0.05) is 41.4 Å². The van der Waals surface area contributed by atoms with Crippen LogP contribution in [0.3, 0.4) is 0 Å². The first-order valence-electron chi connectivity index (χ1n) is 8.34. The summed E-state index contributed by atoms with van der Waals surface area (Å²) in [7, 11) is -3.52. The van der Waals surface area contributed by atoms with E-state index in [0.29, 0.717) is 28.7 Å². The first-order valence-corrected chi connectivity index (χ1v) is 10.7. The molecule has 1 aliphatic rings. The number of sulfonamides is 1. The number of nitrogens with zero attached hydrogens (tertiary/aromatic N) is 1. The highest BCUT2D eigenvalue weighted by Gasteiger charge is 2.16. The second-order valence-corrected chi connectivity index (χ2v) is 8.89. The topological polar surface area (TPSA) is 78.5 Å². The van der Waals surface area contributed by atoms with E-state index in [9.17, 15) is 13.2 Å². The van der Waals surface area contributed by atoms with E-state index < -0.39 is 10.0 Å². The maximum absolute atomic E-state index is 12.3. The highest BCUT2D eigenvalue weighted by atomic mass is 35.5. The van der Waals surface area contributed by atoms with Gasteiger partial charge in [-0.05, 0) is 35.4 Å². The first kappa shape index (κ1) is 19.9. The number of halogens is 2. The smallest absolute Gasteiger partial charge is 0.239 e. The Labute approximate surface area is 168 Å². The molecule has 0 aromatic heterocycles. The van der Waals surface area contributed by atoms with Gasteiger partial charge in [-0.3, -0.25) is 4.79 Å². The minimum absolute atomic E-state index is 0.000361. The van der Waals surface area contributed by atoms with Crippen molar-refractivity contribution in [2.24, 2.45) is 0 Å². The predicted molar refractivity (Wildman–Crippen MR) is 108 cm³/mol. The summed E-state index contributed by atoms with van der Waals surface area (Å²) in [6.07, 6.45) is 0. The summed E-state index contributed by atoms with van der Waals surface area (Å²) in [5.74, 6) is -0.175. The van der Waals surface area contributed by atoms with E-state index in [1.807, 2.05) is 29.2 Å². The number of hydrogen-bond acceptors (Lipinski definition) is 4. The average Bonchev–Trinajstić information content (AvgIpc) is 2.63. The summed E-state index contributed by atoms with van der Waals surface area (Å²) in [6.45, 7) is 1.89. The third-order valence-corrected chi connectivity index (χ3v) is 6.21. The highest BCUT2D eigenvalue weighted by molar-refractivity contribution is 7.88. The molecule has 2 aromatic rings. The van der Waals surface area contributed by atoms with Crippen molar-refractivity contribution in [3.8, 4) is 0 Å². The molecule has 0 radical (unpaired) electrons. The Hall–Kier alpha value is -1.80. The zero-order chi connectivity index (χ0) is 19.4. The van der Waals surface area contributed by atoms with E-state index in [4.69, 9.17) is 23.2 Å². The number of carbonyl (C=O) groups excluding carboxylic acids is 1. The Balaban J connectivity index is 1.58. The molecule has 0 aliphatic carbocycles. The van der Waals surface area contributed by atoms with Gasteiger partial charge in [0.05, 0.1) is 22.3 Å². The van der Waals surface area contributed by atoms with Gasteiger partial charge in [-0.2, -0.15) is 0 Å². The molecule has 1 amide bonds. The predicted octanol–water partition coefficient (Wildman–Crippen LogP) is 2.55. The van der Waals surface area contributed by atoms with Gasteiger partial charge < -0.3 is 10.2 Å². The van der Waals surface area contributed by atoms with Crippen LogP contribution >= 0.6 is 23.2 Å². The Morgan fingerprint density at radius 3 is 2.41 bits per heavy atom. The lowest BCUT2D eigenvalue weighted by Gasteiger charge is -2.28. The van der Waals surface area contributed by atoms with Crippen LogP contribution in [-0.2, 0) is 27.1 Å². The van der Waals surface area contributed by atoms with Crippen LogP contribution in [0.15, 0.2) is 42.5 Å². The minimum Gasteiger partial charge on any atom is -0.360 e. The van der Waals surface area contributed by atoms with Gasteiger partial charge in [0.25, 0.3) is 0 Å². The molecule has 6 nitrogen and oxygen atoms in total. The van der Waals surface area contributed by atoms with Crippen LogP contribution in [0.25, 0.3) is 0 Å². The highest BCUT2D eigenvalue weighted by Crippen LogP contribution is 2.23. The second-order valence-electron chi connectivity index (χ2n) is 6.27. The van der Waals surface area contributed by atoms with Gasteiger partial charge >= 0.3 is 0 Å². The third kappa shape index (κ3) is 5.59. The van der Waals surface area contributed by atoms with Crippen molar-refractivity contribution in [3.63, 3.8) is 0 Å². The van der Waals surface area contributed by atoms with Crippen molar-refractivity contribution in [2.75, 3.05) is 24.5 Å². The summed E-state index contributed by atoms with van der Waals surface area (Å²) in [6, 6.07) is 12.2. The number of carbonyl (C=O) groups is 1. The first-order chi connectivity index (χ1) is 12.8. The van der Waals surface area contributed by atoms with Gasteiger partial charge in [-0.15, -0.1) is 0 Å². The molecule has 1 fully saturated rings. The molecule has 1 heterocycles. The Kier molecular flexibility index (Phi) is 6.26. The molecule has 0 unspecified atom stereocenters. The normalized spacial score (nSPS) is 14.9. The fraction of sp³-hybridized carbons (Fsp3) is 0.278. The lowest BCUT2D eigenvalue weighted by molar-refractivity contribution is -0.120.